The van der Waals surface area contributed by atoms with Gasteiger partial charge < -0.3 is 10.2 Å². The topological polar surface area (TPSA) is 49.4 Å². The molecule has 0 saturated heterocycles. The lowest BCUT2D eigenvalue weighted by Crippen LogP contribution is -2.48. The molecular weight excluding hydrogens is 360 g/mol. The maximum atomic E-state index is 13.2. The first-order chi connectivity index (χ1) is 13.8. The van der Waals surface area contributed by atoms with Crippen molar-refractivity contribution in [3.8, 4) is 0 Å². The number of benzene rings is 2. The number of rotatable bonds is 9. The molecule has 1 atom stereocenters. The number of carbonyl (C=O) groups is 2. The van der Waals surface area contributed by atoms with E-state index in [0.717, 1.165) is 40.7 Å². The van der Waals surface area contributed by atoms with Gasteiger partial charge in [0, 0.05) is 13.1 Å². The Kier molecular flexibility index (Phi) is 8.44. The van der Waals surface area contributed by atoms with E-state index in [0.29, 0.717) is 19.5 Å². The van der Waals surface area contributed by atoms with Crippen molar-refractivity contribution >= 4 is 11.8 Å². The van der Waals surface area contributed by atoms with Crippen molar-refractivity contribution in [3.63, 3.8) is 0 Å². The van der Waals surface area contributed by atoms with E-state index in [1.807, 2.05) is 58.0 Å². The van der Waals surface area contributed by atoms with E-state index in [2.05, 4.69) is 24.4 Å². The van der Waals surface area contributed by atoms with E-state index in [9.17, 15) is 9.59 Å². The van der Waals surface area contributed by atoms with E-state index >= 15 is 0 Å². The summed E-state index contributed by atoms with van der Waals surface area (Å²) in [5.74, 6) is -0.130. The van der Waals surface area contributed by atoms with Gasteiger partial charge in [-0.2, -0.15) is 0 Å². The Morgan fingerprint density at radius 3 is 2.24 bits per heavy atom. The molecule has 0 aliphatic heterocycles. The fraction of sp³-hybridized carbons (Fsp3) is 0.440. The maximum absolute atomic E-state index is 13.2. The molecule has 2 aromatic rings. The van der Waals surface area contributed by atoms with E-state index in [1.54, 1.807) is 4.90 Å². The summed E-state index contributed by atoms with van der Waals surface area (Å²) < 4.78 is 0. The number of aryl methyl sites for hydroxylation is 3. The highest BCUT2D eigenvalue weighted by atomic mass is 16.2. The van der Waals surface area contributed by atoms with Crippen LogP contribution in [0.4, 0.5) is 0 Å². The standard InChI is InChI=1S/C25H34N2O2/c1-6-7-11-26-25(29)21(5)27(17-22-10-8-9-18(2)13-22)24(28)16-23-14-19(3)12-20(4)15-23/h8-10,12-15,21H,6-7,11,16-17H2,1-5H3,(H,26,29). The quantitative estimate of drug-likeness (QED) is 0.637. The predicted molar refractivity (Wildman–Crippen MR) is 119 cm³/mol. The average Bonchev–Trinajstić information content (AvgIpc) is 2.64. The minimum absolute atomic E-state index is 0.0327. The largest absolute Gasteiger partial charge is 0.354 e. The Bertz CT molecular complexity index is 824. The van der Waals surface area contributed by atoms with Gasteiger partial charge in [0.2, 0.25) is 11.8 Å². The van der Waals surface area contributed by atoms with Crippen molar-refractivity contribution in [1.29, 1.82) is 0 Å². The zero-order chi connectivity index (χ0) is 21.4. The molecule has 0 spiro atoms. The molecule has 0 radical (unpaired) electrons. The van der Waals surface area contributed by atoms with Crippen LogP contribution in [0.5, 0.6) is 0 Å². The van der Waals surface area contributed by atoms with Gasteiger partial charge in [0.05, 0.1) is 6.42 Å². The molecule has 0 fully saturated rings. The van der Waals surface area contributed by atoms with E-state index in [4.69, 9.17) is 0 Å². The third-order valence-electron chi connectivity index (χ3n) is 5.07. The molecule has 4 nitrogen and oxygen atoms in total. The molecule has 0 saturated carbocycles. The summed E-state index contributed by atoms with van der Waals surface area (Å²) in [6, 6.07) is 13.8. The molecule has 2 rings (SSSR count). The van der Waals surface area contributed by atoms with Crippen LogP contribution in [0, 0.1) is 20.8 Å². The molecule has 1 N–H and O–H groups in total. The van der Waals surface area contributed by atoms with Crippen LogP contribution < -0.4 is 5.32 Å². The van der Waals surface area contributed by atoms with Crippen LogP contribution in [0.25, 0.3) is 0 Å². The molecule has 0 heterocycles. The zero-order valence-corrected chi connectivity index (χ0v) is 18.4. The first kappa shape index (κ1) is 22.7. The smallest absolute Gasteiger partial charge is 0.242 e. The molecular formula is C25H34N2O2. The van der Waals surface area contributed by atoms with Crippen LogP contribution in [0.3, 0.4) is 0 Å². The summed E-state index contributed by atoms with van der Waals surface area (Å²) in [5, 5.41) is 2.97. The molecule has 0 aromatic heterocycles. The summed E-state index contributed by atoms with van der Waals surface area (Å²) >= 11 is 0. The van der Waals surface area contributed by atoms with E-state index < -0.39 is 6.04 Å². The fourth-order valence-electron chi connectivity index (χ4n) is 3.57. The number of nitrogens with one attached hydrogen (secondary N) is 1. The Morgan fingerprint density at radius 1 is 0.966 bits per heavy atom. The lowest BCUT2D eigenvalue weighted by Gasteiger charge is -2.29. The van der Waals surface area contributed by atoms with Gasteiger partial charge in [0.1, 0.15) is 6.04 Å². The minimum Gasteiger partial charge on any atom is -0.354 e. The number of hydrogen-bond donors (Lipinski definition) is 1. The summed E-state index contributed by atoms with van der Waals surface area (Å²) in [5.41, 5.74) is 5.45. The third-order valence-corrected chi connectivity index (χ3v) is 5.07. The number of hydrogen-bond acceptors (Lipinski definition) is 2. The number of amides is 2. The third kappa shape index (κ3) is 7.04. The molecule has 0 bridgehead atoms. The van der Waals surface area contributed by atoms with Crippen molar-refractivity contribution in [2.75, 3.05) is 6.54 Å². The Hall–Kier alpha value is -2.62. The molecule has 29 heavy (non-hydrogen) atoms. The normalized spacial score (nSPS) is 11.8. The van der Waals surface area contributed by atoms with Gasteiger partial charge in [-0.15, -0.1) is 0 Å². The lowest BCUT2D eigenvalue weighted by molar-refractivity contribution is -0.140. The molecule has 4 heteroatoms. The minimum atomic E-state index is -0.522. The van der Waals surface area contributed by atoms with Gasteiger partial charge in [-0.1, -0.05) is 72.5 Å². The van der Waals surface area contributed by atoms with E-state index in [1.165, 1.54) is 0 Å². The van der Waals surface area contributed by atoms with Crippen LogP contribution in [0.15, 0.2) is 42.5 Å². The first-order valence-corrected chi connectivity index (χ1v) is 10.5. The molecule has 2 amide bonds. The van der Waals surface area contributed by atoms with Crippen molar-refractivity contribution < 1.29 is 9.59 Å². The van der Waals surface area contributed by atoms with Gasteiger partial charge in [-0.3, -0.25) is 9.59 Å². The molecule has 0 aliphatic rings. The highest BCUT2D eigenvalue weighted by molar-refractivity contribution is 5.88. The number of carbonyl (C=O) groups excluding carboxylic acids is 2. The van der Waals surface area contributed by atoms with Crippen LogP contribution in [-0.2, 0) is 22.6 Å². The first-order valence-electron chi connectivity index (χ1n) is 10.5. The van der Waals surface area contributed by atoms with Crippen molar-refractivity contribution in [3.05, 3.63) is 70.3 Å². The van der Waals surface area contributed by atoms with Gasteiger partial charge in [-0.25, -0.2) is 0 Å². The van der Waals surface area contributed by atoms with Crippen LogP contribution >= 0.6 is 0 Å². The Morgan fingerprint density at radius 2 is 1.62 bits per heavy atom. The van der Waals surface area contributed by atoms with Crippen molar-refractivity contribution in [2.24, 2.45) is 0 Å². The summed E-state index contributed by atoms with van der Waals surface area (Å²) in [6.45, 7) is 11.1. The van der Waals surface area contributed by atoms with Crippen LogP contribution in [0.2, 0.25) is 0 Å². The highest BCUT2D eigenvalue weighted by Crippen LogP contribution is 2.15. The Labute approximate surface area is 175 Å². The number of nitrogens with zero attached hydrogens (tertiary/aromatic N) is 1. The van der Waals surface area contributed by atoms with Crippen molar-refractivity contribution in [1.82, 2.24) is 10.2 Å². The van der Waals surface area contributed by atoms with Gasteiger partial charge in [-0.05, 0) is 45.2 Å². The van der Waals surface area contributed by atoms with Crippen molar-refractivity contribution in [2.45, 2.75) is 66.5 Å². The lowest BCUT2D eigenvalue weighted by atomic mass is 10.0. The second-order valence-electron chi connectivity index (χ2n) is 8.00. The second kappa shape index (κ2) is 10.8. The van der Waals surface area contributed by atoms with Gasteiger partial charge in [0.15, 0.2) is 0 Å². The molecule has 156 valence electrons. The SMILES string of the molecule is CCCCNC(=O)C(C)N(Cc1cccc(C)c1)C(=O)Cc1cc(C)cc(C)c1. The van der Waals surface area contributed by atoms with Crippen LogP contribution in [-0.4, -0.2) is 29.3 Å². The predicted octanol–water partition coefficient (Wildman–Crippen LogP) is 4.49. The summed E-state index contributed by atoms with van der Waals surface area (Å²) in [6.07, 6.45) is 2.25. The van der Waals surface area contributed by atoms with Gasteiger partial charge >= 0.3 is 0 Å². The summed E-state index contributed by atoms with van der Waals surface area (Å²) in [7, 11) is 0. The molecule has 1 unspecified atom stereocenters. The second-order valence-corrected chi connectivity index (χ2v) is 8.00. The molecule has 0 aliphatic carbocycles. The number of unbranched alkanes of at least 4 members (excludes halogenated alkanes) is 1. The Balaban J connectivity index is 2.22. The van der Waals surface area contributed by atoms with Crippen LogP contribution in [0.1, 0.15) is 54.5 Å². The highest BCUT2D eigenvalue weighted by Gasteiger charge is 2.26. The molecule has 2 aromatic carbocycles. The fourth-order valence-corrected chi connectivity index (χ4v) is 3.57. The summed E-state index contributed by atoms with van der Waals surface area (Å²) in [4.78, 5) is 27.6. The average molecular weight is 395 g/mol. The van der Waals surface area contributed by atoms with E-state index in [-0.39, 0.29) is 11.8 Å². The zero-order valence-electron chi connectivity index (χ0n) is 18.4. The van der Waals surface area contributed by atoms with Gasteiger partial charge in [0.25, 0.3) is 0 Å². The maximum Gasteiger partial charge on any atom is 0.242 e. The monoisotopic (exact) mass is 394 g/mol.